The number of anilines is 1. The van der Waals surface area contributed by atoms with Crippen molar-refractivity contribution < 1.29 is 4.79 Å². The van der Waals surface area contributed by atoms with E-state index in [-0.39, 0.29) is 5.91 Å². The molecule has 8 heteroatoms. The topological polar surface area (TPSA) is 38.1 Å². The molecule has 1 aromatic heterocycles. The molecule has 0 N–H and O–H groups in total. The predicted octanol–water partition coefficient (Wildman–Crippen LogP) is 7.31. The van der Waals surface area contributed by atoms with Crippen LogP contribution in [0.5, 0.6) is 0 Å². The quantitative estimate of drug-likeness (QED) is 0.204. The Bertz CT molecular complexity index is 1420. The molecule has 168 valence electrons. The van der Waals surface area contributed by atoms with E-state index < -0.39 is 0 Å². The number of benzene rings is 3. The van der Waals surface area contributed by atoms with Crippen molar-refractivity contribution in [2.45, 2.75) is 6.54 Å². The Labute approximate surface area is 216 Å². The molecule has 2 heterocycles. The number of hydrogen-bond donors (Lipinski definition) is 0. The van der Waals surface area contributed by atoms with E-state index in [0.717, 1.165) is 28.1 Å². The van der Waals surface area contributed by atoms with Crippen molar-refractivity contribution in [2.75, 3.05) is 4.90 Å². The summed E-state index contributed by atoms with van der Waals surface area (Å²) in [4.78, 5) is 15.3. The molecule has 0 saturated carbocycles. The Hall–Kier alpha value is -2.90. The minimum Gasteiger partial charge on any atom is -0.268 e. The maximum atomic E-state index is 13.2. The van der Waals surface area contributed by atoms with Crippen LogP contribution in [0.25, 0.3) is 17.3 Å². The van der Waals surface area contributed by atoms with Gasteiger partial charge < -0.3 is 0 Å². The van der Waals surface area contributed by atoms with Crippen LogP contribution < -0.4 is 4.90 Å². The molecule has 1 aliphatic rings. The summed E-state index contributed by atoms with van der Waals surface area (Å²) in [5, 5.41) is 5.98. The van der Waals surface area contributed by atoms with Crippen molar-refractivity contribution in [1.29, 1.82) is 0 Å². The molecule has 0 bridgehead atoms. The molecule has 4 nitrogen and oxygen atoms in total. The zero-order valence-electron chi connectivity index (χ0n) is 17.7. The molecule has 0 aliphatic carbocycles. The molecule has 34 heavy (non-hydrogen) atoms. The van der Waals surface area contributed by atoms with Crippen LogP contribution in [0.15, 0.2) is 90.0 Å². The van der Waals surface area contributed by atoms with Crippen LogP contribution in [-0.2, 0) is 11.3 Å². The summed E-state index contributed by atoms with van der Waals surface area (Å²) in [5.41, 5.74) is 4.20. The van der Waals surface area contributed by atoms with Crippen LogP contribution in [0.4, 0.5) is 5.69 Å². The third-order valence-corrected chi connectivity index (χ3v) is 7.17. The van der Waals surface area contributed by atoms with Gasteiger partial charge >= 0.3 is 0 Å². The second-order valence-corrected chi connectivity index (χ2v) is 10.1. The average molecular weight is 522 g/mol. The number of carbonyl (C=O) groups is 1. The van der Waals surface area contributed by atoms with Crippen LogP contribution in [-0.4, -0.2) is 20.0 Å². The maximum Gasteiger partial charge on any atom is 0.270 e. The number of para-hydroxylation sites is 1. The molecule has 0 radical (unpaired) electrons. The van der Waals surface area contributed by atoms with E-state index in [9.17, 15) is 4.79 Å². The number of rotatable bonds is 5. The van der Waals surface area contributed by atoms with E-state index in [0.29, 0.717) is 25.8 Å². The summed E-state index contributed by atoms with van der Waals surface area (Å²) in [6.07, 6.45) is 3.78. The lowest BCUT2D eigenvalue weighted by atomic mass is 10.1. The van der Waals surface area contributed by atoms with E-state index in [2.05, 4.69) is 0 Å². The minimum absolute atomic E-state index is 0.145. The Morgan fingerprint density at radius 2 is 1.68 bits per heavy atom. The van der Waals surface area contributed by atoms with E-state index in [1.54, 1.807) is 17.0 Å². The number of nitrogens with zero attached hydrogens (tertiary/aromatic N) is 3. The van der Waals surface area contributed by atoms with Gasteiger partial charge in [0, 0.05) is 27.4 Å². The molecular formula is C26H17Cl2N3OS2. The van der Waals surface area contributed by atoms with Crippen molar-refractivity contribution in [3.63, 3.8) is 0 Å². The average Bonchev–Trinajstić information content (AvgIpc) is 3.36. The van der Waals surface area contributed by atoms with Gasteiger partial charge in [-0.25, -0.2) is 0 Å². The highest BCUT2D eigenvalue weighted by Crippen LogP contribution is 2.37. The number of amides is 1. The Balaban J connectivity index is 1.53. The highest BCUT2D eigenvalue weighted by Gasteiger charge is 2.33. The molecule has 4 aromatic rings. The van der Waals surface area contributed by atoms with E-state index in [1.165, 1.54) is 11.8 Å². The van der Waals surface area contributed by atoms with Crippen LogP contribution in [0, 0.1) is 0 Å². The Morgan fingerprint density at radius 3 is 2.38 bits per heavy atom. The van der Waals surface area contributed by atoms with Crippen molar-refractivity contribution in [1.82, 2.24) is 9.78 Å². The van der Waals surface area contributed by atoms with Gasteiger partial charge in [-0.2, -0.15) is 5.10 Å². The minimum atomic E-state index is -0.145. The third-order valence-electron chi connectivity index (χ3n) is 5.28. The van der Waals surface area contributed by atoms with Gasteiger partial charge in [0.25, 0.3) is 5.91 Å². The van der Waals surface area contributed by atoms with Crippen LogP contribution >= 0.6 is 47.2 Å². The summed E-state index contributed by atoms with van der Waals surface area (Å²) in [5.74, 6) is -0.145. The summed E-state index contributed by atoms with van der Waals surface area (Å²) in [7, 11) is 0. The van der Waals surface area contributed by atoms with Gasteiger partial charge in [-0.05, 0) is 35.9 Å². The zero-order valence-corrected chi connectivity index (χ0v) is 20.8. The first kappa shape index (κ1) is 22.9. The largest absolute Gasteiger partial charge is 0.270 e. The molecule has 0 atom stereocenters. The molecular weight excluding hydrogens is 505 g/mol. The lowest BCUT2D eigenvalue weighted by molar-refractivity contribution is -0.113. The van der Waals surface area contributed by atoms with Gasteiger partial charge in [0.05, 0.1) is 22.8 Å². The van der Waals surface area contributed by atoms with Crippen molar-refractivity contribution >= 4 is 69.2 Å². The van der Waals surface area contributed by atoms with Gasteiger partial charge in [-0.15, -0.1) is 0 Å². The van der Waals surface area contributed by atoms with E-state index >= 15 is 0 Å². The van der Waals surface area contributed by atoms with Crippen molar-refractivity contribution in [3.8, 4) is 11.3 Å². The maximum absolute atomic E-state index is 13.2. The second kappa shape index (κ2) is 9.76. The molecule has 1 amide bonds. The first-order valence-corrected chi connectivity index (χ1v) is 12.4. The summed E-state index contributed by atoms with van der Waals surface area (Å²) >= 11 is 19.2. The number of carbonyl (C=O) groups excluding carboxylic acids is 1. The standard InChI is InChI=1S/C26H17Cl2N3OS2/c27-20-12-11-18(22(28)14-20)15-30-16-19(24(29-30)17-7-3-1-4-8-17)13-23-25(32)31(26(33)34-23)21-9-5-2-6-10-21/h1-14,16H,15H2. The van der Waals surface area contributed by atoms with E-state index in [1.807, 2.05) is 83.7 Å². The number of aromatic nitrogens is 2. The molecule has 1 saturated heterocycles. The fourth-order valence-electron chi connectivity index (χ4n) is 3.68. The third kappa shape index (κ3) is 4.68. The van der Waals surface area contributed by atoms with Gasteiger partial charge in [-0.3, -0.25) is 14.4 Å². The molecule has 1 aliphatic heterocycles. The summed E-state index contributed by atoms with van der Waals surface area (Å²) in [6, 6.07) is 24.7. The van der Waals surface area contributed by atoms with Gasteiger partial charge in [0.1, 0.15) is 0 Å². The molecule has 1 fully saturated rings. The highest BCUT2D eigenvalue weighted by molar-refractivity contribution is 8.27. The number of halogens is 2. The normalized spacial score (nSPS) is 14.9. The zero-order chi connectivity index (χ0) is 23.7. The highest BCUT2D eigenvalue weighted by atomic mass is 35.5. The summed E-state index contributed by atoms with van der Waals surface area (Å²) in [6.45, 7) is 0.467. The van der Waals surface area contributed by atoms with Gasteiger partial charge in [-0.1, -0.05) is 102 Å². The number of thioether (sulfide) groups is 1. The lowest BCUT2D eigenvalue weighted by Gasteiger charge is -2.13. The van der Waals surface area contributed by atoms with E-state index in [4.69, 9.17) is 40.5 Å². The van der Waals surface area contributed by atoms with Crippen molar-refractivity contribution in [3.05, 3.63) is 111 Å². The number of thiocarbonyl (C=S) groups is 1. The smallest absolute Gasteiger partial charge is 0.268 e. The molecule has 0 spiro atoms. The fraction of sp³-hybridized carbons (Fsp3) is 0.0385. The number of hydrogen-bond acceptors (Lipinski definition) is 4. The first-order chi connectivity index (χ1) is 16.5. The Morgan fingerprint density at radius 1 is 0.971 bits per heavy atom. The van der Waals surface area contributed by atoms with Crippen LogP contribution in [0.3, 0.4) is 0 Å². The first-order valence-electron chi connectivity index (χ1n) is 10.4. The van der Waals surface area contributed by atoms with Gasteiger partial charge in [0.2, 0.25) is 0 Å². The molecule has 5 rings (SSSR count). The lowest BCUT2D eigenvalue weighted by Crippen LogP contribution is -2.27. The van der Waals surface area contributed by atoms with Gasteiger partial charge in [0.15, 0.2) is 4.32 Å². The van der Waals surface area contributed by atoms with Crippen LogP contribution in [0.1, 0.15) is 11.1 Å². The predicted molar refractivity (Wildman–Crippen MR) is 145 cm³/mol. The van der Waals surface area contributed by atoms with Crippen LogP contribution in [0.2, 0.25) is 10.0 Å². The summed E-state index contributed by atoms with van der Waals surface area (Å²) < 4.78 is 2.32. The SMILES string of the molecule is O=C1C(=Cc2cn(Cc3ccc(Cl)cc3Cl)nc2-c2ccccc2)SC(=S)N1c1ccccc1. The Kier molecular flexibility index (Phi) is 6.57. The van der Waals surface area contributed by atoms with Crippen molar-refractivity contribution in [2.24, 2.45) is 0 Å². The molecule has 3 aromatic carbocycles. The fourth-order valence-corrected chi connectivity index (χ4v) is 5.43. The molecule has 0 unspecified atom stereocenters. The second-order valence-electron chi connectivity index (χ2n) is 7.59. The monoisotopic (exact) mass is 521 g/mol.